The Morgan fingerprint density at radius 3 is 2.70 bits per heavy atom. The van der Waals surface area contributed by atoms with Crippen molar-refractivity contribution < 1.29 is 5.11 Å². The summed E-state index contributed by atoms with van der Waals surface area (Å²) in [6.07, 6.45) is 4.47. The van der Waals surface area contributed by atoms with Crippen molar-refractivity contribution in [3.05, 3.63) is 18.1 Å². The maximum Gasteiger partial charge on any atom is 0.132 e. The zero-order chi connectivity index (χ0) is 13.9. The van der Waals surface area contributed by atoms with E-state index in [1.807, 2.05) is 19.2 Å². The molecule has 110 valence electrons. The van der Waals surface area contributed by atoms with Gasteiger partial charge in [0.25, 0.3) is 0 Å². The van der Waals surface area contributed by atoms with Crippen LogP contribution >= 0.6 is 0 Å². The van der Waals surface area contributed by atoms with Crippen LogP contribution in [0.4, 0.5) is 5.82 Å². The molecule has 3 heterocycles. The third kappa shape index (κ3) is 2.94. The largest absolute Gasteiger partial charge is 0.396 e. The highest BCUT2D eigenvalue weighted by Crippen LogP contribution is 2.28. The fourth-order valence-electron chi connectivity index (χ4n) is 3.46. The molecule has 0 bridgehead atoms. The van der Waals surface area contributed by atoms with Gasteiger partial charge in [-0.3, -0.25) is 0 Å². The molecule has 20 heavy (non-hydrogen) atoms. The molecule has 1 aromatic heterocycles. The number of rotatable bonds is 4. The van der Waals surface area contributed by atoms with Crippen molar-refractivity contribution in [3.63, 3.8) is 0 Å². The smallest absolute Gasteiger partial charge is 0.132 e. The van der Waals surface area contributed by atoms with Crippen LogP contribution in [0.1, 0.15) is 18.7 Å². The summed E-state index contributed by atoms with van der Waals surface area (Å²) in [7, 11) is 0. The van der Waals surface area contributed by atoms with Gasteiger partial charge in [0, 0.05) is 38.4 Å². The Balaban J connectivity index is 1.67. The van der Waals surface area contributed by atoms with Gasteiger partial charge < -0.3 is 14.9 Å². The van der Waals surface area contributed by atoms with Crippen molar-refractivity contribution >= 4 is 5.82 Å². The van der Waals surface area contributed by atoms with Crippen molar-refractivity contribution in [2.75, 3.05) is 44.2 Å². The fraction of sp³-hybridized carbons (Fsp3) is 0.733. The van der Waals surface area contributed by atoms with Gasteiger partial charge in [-0.1, -0.05) is 0 Å². The molecule has 5 nitrogen and oxygen atoms in total. The number of hydrogen-bond acceptors (Lipinski definition) is 5. The lowest BCUT2D eigenvalue weighted by Crippen LogP contribution is -2.32. The topological polar surface area (TPSA) is 52.5 Å². The molecule has 1 N–H and O–H groups in total. The van der Waals surface area contributed by atoms with Gasteiger partial charge >= 0.3 is 0 Å². The van der Waals surface area contributed by atoms with E-state index in [0.29, 0.717) is 11.8 Å². The van der Waals surface area contributed by atoms with Crippen molar-refractivity contribution in [3.8, 4) is 0 Å². The number of nitrogens with zero attached hydrogens (tertiary/aromatic N) is 4. The molecule has 3 rings (SSSR count). The highest BCUT2D eigenvalue weighted by atomic mass is 16.3. The highest BCUT2D eigenvalue weighted by Gasteiger charge is 2.34. The maximum absolute atomic E-state index is 9.65. The molecular weight excluding hydrogens is 252 g/mol. The predicted octanol–water partition coefficient (Wildman–Crippen LogP) is 0.926. The normalized spacial score (nSPS) is 27.4. The van der Waals surface area contributed by atoms with Crippen molar-refractivity contribution in [1.29, 1.82) is 0 Å². The summed E-state index contributed by atoms with van der Waals surface area (Å²) in [6.45, 7) is 7.67. The van der Waals surface area contributed by atoms with Gasteiger partial charge in [-0.25, -0.2) is 9.97 Å². The first-order chi connectivity index (χ1) is 9.76. The van der Waals surface area contributed by atoms with E-state index in [2.05, 4.69) is 19.8 Å². The second-order valence-corrected chi connectivity index (χ2v) is 6.08. The first-order valence-corrected chi connectivity index (χ1v) is 7.64. The number of likely N-dealkylation sites (tertiary alicyclic amines) is 1. The Labute approximate surface area is 120 Å². The maximum atomic E-state index is 9.65. The van der Waals surface area contributed by atoms with Gasteiger partial charge in [0.1, 0.15) is 11.6 Å². The minimum Gasteiger partial charge on any atom is -0.396 e. The van der Waals surface area contributed by atoms with E-state index in [9.17, 15) is 5.11 Å². The molecule has 0 amide bonds. The predicted molar refractivity (Wildman–Crippen MR) is 78.7 cm³/mol. The van der Waals surface area contributed by atoms with Gasteiger partial charge in [0.05, 0.1) is 0 Å². The Bertz CT molecular complexity index is 447. The average Bonchev–Trinajstić information content (AvgIpc) is 3.08. The summed E-state index contributed by atoms with van der Waals surface area (Å²) in [6, 6.07) is 1.97. The second kappa shape index (κ2) is 6.06. The van der Waals surface area contributed by atoms with Crippen molar-refractivity contribution in [2.24, 2.45) is 11.8 Å². The number of hydrogen-bond donors (Lipinski definition) is 1. The number of anilines is 1. The number of aryl methyl sites for hydroxylation is 1. The van der Waals surface area contributed by atoms with Gasteiger partial charge in [0.2, 0.25) is 0 Å². The first-order valence-electron chi connectivity index (χ1n) is 7.64. The third-order valence-electron chi connectivity index (χ3n) is 4.59. The van der Waals surface area contributed by atoms with E-state index in [-0.39, 0.29) is 6.61 Å². The van der Waals surface area contributed by atoms with E-state index < -0.39 is 0 Å². The van der Waals surface area contributed by atoms with Crippen LogP contribution in [0.15, 0.2) is 12.3 Å². The van der Waals surface area contributed by atoms with Gasteiger partial charge in [-0.2, -0.15) is 0 Å². The van der Waals surface area contributed by atoms with E-state index in [4.69, 9.17) is 0 Å². The SMILES string of the molecule is Cc1nccc(N2C[C@@H](CN3CCCC3)[C@@H](CO)C2)n1. The molecular formula is C15H24N4O. The summed E-state index contributed by atoms with van der Waals surface area (Å²) in [5, 5.41) is 9.65. The first kappa shape index (κ1) is 13.8. The number of aliphatic hydroxyl groups is 1. The number of aliphatic hydroxyl groups excluding tert-OH is 1. The Hall–Kier alpha value is -1.20. The van der Waals surface area contributed by atoms with Crippen LogP contribution in [-0.2, 0) is 0 Å². The van der Waals surface area contributed by atoms with E-state index in [1.54, 1.807) is 0 Å². The molecule has 2 aliphatic heterocycles. The molecule has 1 aromatic rings. The molecule has 0 aliphatic carbocycles. The van der Waals surface area contributed by atoms with Crippen LogP contribution in [0.25, 0.3) is 0 Å². The number of aromatic nitrogens is 2. The van der Waals surface area contributed by atoms with E-state index >= 15 is 0 Å². The summed E-state index contributed by atoms with van der Waals surface area (Å²) in [5.74, 6) is 2.73. The monoisotopic (exact) mass is 276 g/mol. The lowest BCUT2D eigenvalue weighted by atomic mass is 9.96. The molecule has 5 heteroatoms. The molecule has 0 saturated carbocycles. The Morgan fingerprint density at radius 1 is 1.25 bits per heavy atom. The molecule has 2 aliphatic rings. The zero-order valence-corrected chi connectivity index (χ0v) is 12.2. The van der Waals surface area contributed by atoms with Gasteiger partial charge in [-0.05, 0) is 44.8 Å². The van der Waals surface area contributed by atoms with Crippen LogP contribution in [0.2, 0.25) is 0 Å². The molecule has 2 saturated heterocycles. The van der Waals surface area contributed by atoms with Gasteiger partial charge in [0.15, 0.2) is 0 Å². The van der Waals surface area contributed by atoms with Crippen molar-refractivity contribution in [1.82, 2.24) is 14.9 Å². The van der Waals surface area contributed by atoms with Crippen LogP contribution < -0.4 is 4.90 Å². The van der Waals surface area contributed by atoms with Crippen LogP contribution in [-0.4, -0.2) is 59.3 Å². The lowest BCUT2D eigenvalue weighted by molar-refractivity contribution is 0.176. The Morgan fingerprint density at radius 2 is 2.00 bits per heavy atom. The minimum atomic E-state index is 0.277. The highest BCUT2D eigenvalue weighted by molar-refractivity contribution is 5.39. The summed E-state index contributed by atoms with van der Waals surface area (Å²) in [5.41, 5.74) is 0. The van der Waals surface area contributed by atoms with Crippen molar-refractivity contribution in [2.45, 2.75) is 19.8 Å². The van der Waals surface area contributed by atoms with Crippen LogP contribution in [0.3, 0.4) is 0 Å². The summed E-state index contributed by atoms with van der Waals surface area (Å²) in [4.78, 5) is 13.5. The second-order valence-electron chi connectivity index (χ2n) is 6.08. The summed E-state index contributed by atoms with van der Waals surface area (Å²) >= 11 is 0. The molecule has 2 fully saturated rings. The summed E-state index contributed by atoms with van der Waals surface area (Å²) < 4.78 is 0. The zero-order valence-electron chi connectivity index (χ0n) is 12.2. The molecule has 2 atom stereocenters. The van der Waals surface area contributed by atoms with Gasteiger partial charge in [-0.15, -0.1) is 0 Å². The fourth-order valence-corrected chi connectivity index (χ4v) is 3.46. The van der Waals surface area contributed by atoms with Crippen LogP contribution in [0, 0.1) is 18.8 Å². The lowest BCUT2D eigenvalue weighted by Gasteiger charge is -2.23. The van der Waals surface area contributed by atoms with Crippen LogP contribution in [0.5, 0.6) is 0 Å². The average molecular weight is 276 g/mol. The minimum absolute atomic E-state index is 0.277. The van der Waals surface area contributed by atoms with E-state index in [0.717, 1.165) is 31.3 Å². The molecule has 0 spiro atoms. The Kier molecular flexibility index (Phi) is 4.17. The molecule has 0 unspecified atom stereocenters. The third-order valence-corrected chi connectivity index (χ3v) is 4.59. The molecule has 0 radical (unpaired) electrons. The van der Waals surface area contributed by atoms with E-state index in [1.165, 1.54) is 25.9 Å². The molecule has 0 aromatic carbocycles. The standard InChI is InChI=1S/C15H24N4O/c1-12-16-5-4-15(17-12)19-9-13(14(10-19)11-20)8-18-6-2-3-7-18/h4-5,13-14,20H,2-3,6-11H2,1H3/t13-,14-/m1/s1. The quantitative estimate of drug-likeness (QED) is 0.886.